The highest BCUT2D eigenvalue weighted by atomic mass is 16.2. The first-order valence-corrected chi connectivity index (χ1v) is 6.79. The summed E-state index contributed by atoms with van der Waals surface area (Å²) in [6, 6.07) is 10.0. The van der Waals surface area contributed by atoms with Crippen LogP contribution < -0.4 is 10.6 Å². The zero-order chi connectivity index (χ0) is 14.1. The maximum absolute atomic E-state index is 12.1. The molecule has 0 bridgehead atoms. The number of rotatable bonds is 2. The molecule has 1 aromatic heterocycles. The third-order valence-electron chi connectivity index (χ3n) is 3.68. The van der Waals surface area contributed by atoms with E-state index < -0.39 is 0 Å². The molecule has 1 atom stereocenters. The van der Waals surface area contributed by atoms with Gasteiger partial charge in [-0.05, 0) is 30.9 Å². The van der Waals surface area contributed by atoms with Crippen molar-refractivity contribution in [2.24, 2.45) is 7.05 Å². The van der Waals surface area contributed by atoms with Gasteiger partial charge in [0.25, 0.3) is 0 Å². The highest BCUT2D eigenvalue weighted by molar-refractivity contribution is 5.88. The van der Waals surface area contributed by atoms with E-state index in [2.05, 4.69) is 27.9 Å². The molecule has 1 aromatic carbocycles. The Balaban J connectivity index is 1.67. The van der Waals surface area contributed by atoms with E-state index in [1.807, 2.05) is 32.2 Å². The molecule has 5 heteroatoms. The first-order valence-electron chi connectivity index (χ1n) is 6.79. The van der Waals surface area contributed by atoms with Crippen molar-refractivity contribution in [2.75, 3.05) is 5.32 Å². The minimum Gasteiger partial charge on any atom is -0.331 e. The molecule has 2 aromatic rings. The molecule has 1 heterocycles. The Kier molecular flexibility index (Phi) is 3.18. The Morgan fingerprint density at radius 1 is 1.40 bits per heavy atom. The van der Waals surface area contributed by atoms with Crippen LogP contribution in [-0.2, 0) is 13.5 Å². The van der Waals surface area contributed by atoms with Gasteiger partial charge in [0.05, 0.1) is 11.7 Å². The summed E-state index contributed by atoms with van der Waals surface area (Å²) in [4.78, 5) is 12.1. The van der Waals surface area contributed by atoms with E-state index in [-0.39, 0.29) is 12.1 Å². The van der Waals surface area contributed by atoms with Crippen LogP contribution in [0.2, 0.25) is 0 Å². The summed E-state index contributed by atoms with van der Waals surface area (Å²) in [5.74, 6) is 0.700. The van der Waals surface area contributed by atoms with Crippen molar-refractivity contribution in [3.8, 4) is 0 Å². The van der Waals surface area contributed by atoms with E-state index in [9.17, 15) is 4.79 Å². The molecule has 0 unspecified atom stereocenters. The van der Waals surface area contributed by atoms with Gasteiger partial charge in [0.2, 0.25) is 0 Å². The quantitative estimate of drug-likeness (QED) is 0.881. The highest BCUT2D eigenvalue weighted by Gasteiger charge is 2.23. The lowest BCUT2D eigenvalue weighted by molar-refractivity contribution is 0.248. The number of aromatic nitrogens is 2. The normalized spacial score (nSPS) is 16.8. The molecule has 5 nitrogen and oxygen atoms in total. The van der Waals surface area contributed by atoms with Gasteiger partial charge in [0.15, 0.2) is 0 Å². The van der Waals surface area contributed by atoms with Crippen LogP contribution in [0.1, 0.15) is 29.3 Å². The van der Waals surface area contributed by atoms with E-state index in [0.29, 0.717) is 5.82 Å². The summed E-state index contributed by atoms with van der Waals surface area (Å²) in [5, 5.41) is 10.1. The lowest BCUT2D eigenvalue weighted by Crippen LogP contribution is -2.32. The number of benzene rings is 1. The number of hydrogen-bond acceptors (Lipinski definition) is 2. The largest absolute Gasteiger partial charge is 0.331 e. The molecule has 0 saturated heterocycles. The van der Waals surface area contributed by atoms with Crippen molar-refractivity contribution in [2.45, 2.75) is 25.8 Å². The van der Waals surface area contributed by atoms with E-state index in [1.54, 1.807) is 4.68 Å². The van der Waals surface area contributed by atoms with Crippen LogP contribution in [0, 0.1) is 6.92 Å². The molecule has 1 aliphatic rings. The lowest BCUT2D eigenvalue weighted by Gasteiger charge is -2.14. The number of fused-ring (bicyclic) bond motifs is 1. The summed E-state index contributed by atoms with van der Waals surface area (Å²) in [7, 11) is 1.81. The van der Waals surface area contributed by atoms with Gasteiger partial charge in [-0.25, -0.2) is 4.79 Å². The van der Waals surface area contributed by atoms with Crippen molar-refractivity contribution in [3.05, 3.63) is 47.2 Å². The number of amides is 2. The summed E-state index contributed by atoms with van der Waals surface area (Å²) in [5.41, 5.74) is 3.44. The molecule has 1 aliphatic carbocycles. The monoisotopic (exact) mass is 270 g/mol. The van der Waals surface area contributed by atoms with Crippen molar-refractivity contribution >= 4 is 11.8 Å². The molecular weight excluding hydrogens is 252 g/mol. The Bertz CT molecular complexity index is 647. The number of hydrogen-bond donors (Lipinski definition) is 2. The Labute approximate surface area is 118 Å². The van der Waals surface area contributed by atoms with Gasteiger partial charge in [0, 0.05) is 13.1 Å². The van der Waals surface area contributed by atoms with Crippen molar-refractivity contribution in [3.63, 3.8) is 0 Å². The molecule has 20 heavy (non-hydrogen) atoms. The highest BCUT2D eigenvalue weighted by Crippen LogP contribution is 2.30. The molecule has 0 aliphatic heterocycles. The van der Waals surface area contributed by atoms with E-state index in [0.717, 1.165) is 18.5 Å². The molecule has 0 spiro atoms. The first-order chi connectivity index (χ1) is 9.63. The van der Waals surface area contributed by atoms with Crippen molar-refractivity contribution in [1.82, 2.24) is 15.1 Å². The van der Waals surface area contributed by atoms with E-state index >= 15 is 0 Å². The number of anilines is 1. The van der Waals surface area contributed by atoms with Crippen LogP contribution in [0.25, 0.3) is 0 Å². The standard InChI is InChI=1S/C15H18N4O/c1-10-9-14(19(2)18-10)17-15(20)16-13-8-7-11-5-3-4-6-12(11)13/h3-6,9,13H,7-8H2,1-2H3,(H2,16,17,20)/t13-/m0/s1. The smallest absolute Gasteiger partial charge is 0.320 e. The summed E-state index contributed by atoms with van der Waals surface area (Å²) < 4.78 is 1.66. The number of carbonyl (C=O) groups excluding carboxylic acids is 1. The van der Waals surface area contributed by atoms with Gasteiger partial charge in [-0.1, -0.05) is 24.3 Å². The molecule has 0 radical (unpaired) electrons. The fourth-order valence-corrected chi connectivity index (χ4v) is 2.75. The number of nitrogens with one attached hydrogen (secondary N) is 2. The summed E-state index contributed by atoms with van der Waals surface area (Å²) in [6.45, 7) is 1.90. The van der Waals surface area contributed by atoms with Gasteiger partial charge >= 0.3 is 6.03 Å². The predicted octanol–water partition coefficient (Wildman–Crippen LogP) is 2.54. The fraction of sp³-hybridized carbons (Fsp3) is 0.333. The second kappa shape index (κ2) is 5.00. The second-order valence-corrected chi connectivity index (χ2v) is 5.18. The van der Waals surface area contributed by atoms with Gasteiger partial charge in [-0.2, -0.15) is 5.10 Å². The Morgan fingerprint density at radius 2 is 2.20 bits per heavy atom. The molecule has 104 valence electrons. The SMILES string of the molecule is Cc1cc(NC(=O)N[C@H]2CCc3ccccc32)n(C)n1. The maximum atomic E-state index is 12.1. The van der Waals surface area contributed by atoms with Crippen LogP contribution in [0.5, 0.6) is 0 Å². The topological polar surface area (TPSA) is 59.0 Å². The van der Waals surface area contributed by atoms with Crippen LogP contribution >= 0.6 is 0 Å². The minimum atomic E-state index is -0.185. The average Bonchev–Trinajstić information content (AvgIpc) is 2.94. The molecular formula is C15H18N4O. The predicted molar refractivity (Wildman–Crippen MR) is 77.6 cm³/mol. The number of urea groups is 1. The van der Waals surface area contributed by atoms with Crippen molar-refractivity contribution in [1.29, 1.82) is 0 Å². The Hall–Kier alpha value is -2.30. The van der Waals surface area contributed by atoms with Crippen LogP contribution in [0.4, 0.5) is 10.6 Å². The molecule has 2 amide bonds. The van der Waals surface area contributed by atoms with Crippen LogP contribution in [-0.4, -0.2) is 15.8 Å². The average molecular weight is 270 g/mol. The second-order valence-electron chi connectivity index (χ2n) is 5.18. The van der Waals surface area contributed by atoms with E-state index in [1.165, 1.54) is 11.1 Å². The molecule has 0 saturated carbocycles. The van der Waals surface area contributed by atoms with Gasteiger partial charge in [-0.15, -0.1) is 0 Å². The summed E-state index contributed by atoms with van der Waals surface area (Å²) in [6.07, 6.45) is 1.98. The van der Waals surface area contributed by atoms with Crippen LogP contribution in [0.3, 0.4) is 0 Å². The van der Waals surface area contributed by atoms with Gasteiger partial charge in [-0.3, -0.25) is 10.00 Å². The summed E-state index contributed by atoms with van der Waals surface area (Å²) >= 11 is 0. The third kappa shape index (κ3) is 2.39. The minimum absolute atomic E-state index is 0.0977. The lowest BCUT2D eigenvalue weighted by atomic mass is 10.1. The zero-order valence-electron chi connectivity index (χ0n) is 11.7. The molecule has 0 fully saturated rings. The van der Waals surface area contributed by atoms with Gasteiger partial charge < -0.3 is 5.32 Å². The molecule has 2 N–H and O–H groups in total. The maximum Gasteiger partial charge on any atom is 0.320 e. The Morgan fingerprint density at radius 3 is 2.95 bits per heavy atom. The third-order valence-corrected chi connectivity index (χ3v) is 3.68. The zero-order valence-corrected chi connectivity index (χ0v) is 11.7. The van der Waals surface area contributed by atoms with E-state index in [4.69, 9.17) is 0 Å². The first kappa shape index (κ1) is 12.7. The van der Waals surface area contributed by atoms with Gasteiger partial charge in [0.1, 0.15) is 5.82 Å². The fourth-order valence-electron chi connectivity index (χ4n) is 2.75. The number of aryl methyl sites for hydroxylation is 3. The van der Waals surface area contributed by atoms with Crippen LogP contribution in [0.15, 0.2) is 30.3 Å². The number of carbonyl (C=O) groups is 1. The number of nitrogens with zero attached hydrogens (tertiary/aromatic N) is 2. The molecule has 3 rings (SSSR count). The van der Waals surface area contributed by atoms with Crippen molar-refractivity contribution < 1.29 is 4.79 Å².